The number of carboxylic acid groups (broad SMARTS) is 1. The van der Waals surface area contributed by atoms with Crippen molar-refractivity contribution in [1.29, 1.82) is 0 Å². The largest absolute Gasteiger partial charge is 0.480 e. The zero-order chi connectivity index (χ0) is 17.9. The zero-order valence-corrected chi connectivity index (χ0v) is 15.8. The normalized spacial score (nSPS) is 21.2. The van der Waals surface area contributed by atoms with Crippen LogP contribution in [0.2, 0.25) is 0 Å². The van der Waals surface area contributed by atoms with Gasteiger partial charge in [0.2, 0.25) is 5.91 Å². The summed E-state index contributed by atoms with van der Waals surface area (Å²) in [6.45, 7) is 6.03. The van der Waals surface area contributed by atoms with Crippen LogP contribution in [-0.4, -0.2) is 35.2 Å². The van der Waals surface area contributed by atoms with Crippen molar-refractivity contribution in [2.24, 2.45) is 5.92 Å². The highest BCUT2D eigenvalue weighted by Gasteiger charge is 2.44. The number of ether oxygens (including phenoxy) is 1. The lowest BCUT2D eigenvalue weighted by atomic mass is 10.1. The molecule has 3 unspecified atom stereocenters. The van der Waals surface area contributed by atoms with E-state index in [1.165, 1.54) is 0 Å². The molecular weight excluding hydrogens is 374 g/mol. The minimum atomic E-state index is -1.03. The van der Waals surface area contributed by atoms with Gasteiger partial charge in [-0.25, -0.2) is 4.79 Å². The monoisotopic (exact) mass is 397 g/mol. The van der Waals surface area contributed by atoms with E-state index >= 15 is 0 Å². The van der Waals surface area contributed by atoms with Crippen molar-refractivity contribution in [1.82, 2.24) is 5.32 Å². The second-order valence-electron chi connectivity index (χ2n) is 7.15. The maximum absolute atomic E-state index is 12.3. The van der Waals surface area contributed by atoms with E-state index in [0.29, 0.717) is 6.61 Å². The van der Waals surface area contributed by atoms with E-state index in [1.807, 2.05) is 45.0 Å². The molecule has 6 heteroatoms. The standard InChI is InChI=1S/C18H24BrNO4/c1-18(2,3)24-9-8-15(17(22)23)20-16(21)14-10-13(14)11-4-6-12(19)7-5-11/h4-7,13-15H,8-10H2,1-3H3,(H,20,21)(H,22,23). The average Bonchev–Trinajstić information content (AvgIpc) is 3.26. The van der Waals surface area contributed by atoms with Crippen LogP contribution in [-0.2, 0) is 14.3 Å². The molecule has 1 saturated carbocycles. The van der Waals surface area contributed by atoms with Gasteiger partial charge in [0, 0.05) is 23.4 Å². The van der Waals surface area contributed by atoms with Crippen molar-refractivity contribution in [3.8, 4) is 0 Å². The minimum Gasteiger partial charge on any atom is -0.480 e. The van der Waals surface area contributed by atoms with Crippen molar-refractivity contribution in [3.63, 3.8) is 0 Å². The van der Waals surface area contributed by atoms with Gasteiger partial charge in [0.25, 0.3) is 0 Å². The number of carboxylic acids is 1. The van der Waals surface area contributed by atoms with Gasteiger partial charge in [-0.1, -0.05) is 28.1 Å². The Morgan fingerprint density at radius 3 is 2.50 bits per heavy atom. The van der Waals surface area contributed by atoms with Crippen molar-refractivity contribution >= 4 is 27.8 Å². The van der Waals surface area contributed by atoms with E-state index in [1.54, 1.807) is 0 Å². The number of aliphatic carboxylic acids is 1. The molecule has 0 spiro atoms. The third-order valence-corrected chi connectivity index (χ3v) is 4.51. The van der Waals surface area contributed by atoms with Crippen molar-refractivity contribution in [3.05, 3.63) is 34.3 Å². The highest BCUT2D eigenvalue weighted by Crippen LogP contribution is 2.47. The Morgan fingerprint density at radius 2 is 1.96 bits per heavy atom. The molecule has 2 N–H and O–H groups in total. The molecule has 0 saturated heterocycles. The van der Waals surface area contributed by atoms with Gasteiger partial charge >= 0.3 is 5.97 Å². The molecular formula is C18H24BrNO4. The van der Waals surface area contributed by atoms with Gasteiger partial charge in [-0.2, -0.15) is 0 Å². The minimum absolute atomic E-state index is 0.142. The Hall–Kier alpha value is -1.40. The third kappa shape index (κ3) is 5.60. The fraction of sp³-hybridized carbons (Fsp3) is 0.556. The van der Waals surface area contributed by atoms with Crippen LogP contribution in [0.4, 0.5) is 0 Å². The summed E-state index contributed by atoms with van der Waals surface area (Å²) in [5.74, 6) is -1.18. The number of carbonyl (C=O) groups is 2. The molecule has 5 nitrogen and oxygen atoms in total. The van der Waals surface area contributed by atoms with Crippen molar-refractivity contribution < 1.29 is 19.4 Å². The van der Waals surface area contributed by atoms with Crippen LogP contribution in [0.1, 0.15) is 45.1 Å². The fourth-order valence-corrected chi connectivity index (χ4v) is 2.85. The fourth-order valence-electron chi connectivity index (χ4n) is 2.58. The van der Waals surface area contributed by atoms with Gasteiger partial charge < -0.3 is 15.2 Å². The van der Waals surface area contributed by atoms with Gasteiger partial charge in [-0.15, -0.1) is 0 Å². The Balaban J connectivity index is 1.85. The number of nitrogens with one attached hydrogen (secondary N) is 1. The maximum Gasteiger partial charge on any atom is 0.326 e. The molecule has 1 fully saturated rings. The molecule has 1 amide bonds. The number of halogens is 1. The summed E-state index contributed by atoms with van der Waals surface area (Å²) in [5.41, 5.74) is 0.789. The highest BCUT2D eigenvalue weighted by atomic mass is 79.9. The van der Waals surface area contributed by atoms with Crippen LogP contribution >= 0.6 is 15.9 Å². The number of carbonyl (C=O) groups excluding carboxylic acids is 1. The van der Waals surface area contributed by atoms with Crippen LogP contribution in [0.15, 0.2) is 28.7 Å². The first kappa shape index (κ1) is 18.9. The van der Waals surface area contributed by atoms with E-state index in [9.17, 15) is 14.7 Å². The van der Waals surface area contributed by atoms with Crippen LogP contribution in [0.25, 0.3) is 0 Å². The summed E-state index contributed by atoms with van der Waals surface area (Å²) in [6, 6.07) is 6.98. The Bertz CT molecular complexity index is 594. The Labute approximate surface area is 150 Å². The van der Waals surface area contributed by atoms with Crippen molar-refractivity contribution in [2.45, 2.75) is 51.2 Å². The molecule has 1 aromatic carbocycles. The predicted octanol–water partition coefficient (Wildman–Crippen LogP) is 3.33. The quantitative estimate of drug-likeness (QED) is 0.739. The van der Waals surface area contributed by atoms with Gasteiger partial charge in [0.15, 0.2) is 0 Å². The molecule has 3 atom stereocenters. The Kier molecular flexibility index (Phi) is 6.04. The predicted molar refractivity (Wildman–Crippen MR) is 94.9 cm³/mol. The summed E-state index contributed by atoms with van der Waals surface area (Å²) in [6.07, 6.45) is 1.02. The molecule has 0 radical (unpaired) electrons. The van der Waals surface area contributed by atoms with E-state index < -0.39 is 12.0 Å². The first-order valence-electron chi connectivity index (χ1n) is 8.10. The zero-order valence-electron chi connectivity index (χ0n) is 14.2. The molecule has 132 valence electrons. The molecule has 1 aromatic rings. The number of amides is 1. The van der Waals surface area contributed by atoms with E-state index in [-0.39, 0.29) is 29.8 Å². The molecule has 0 aromatic heterocycles. The SMILES string of the molecule is CC(C)(C)OCCC(NC(=O)C1CC1c1ccc(Br)cc1)C(=O)O. The van der Waals surface area contributed by atoms with Gasteiger partial charge in [0.1, 0.15) is 6.04 Å². The molecule has 24 heavy (non-hydrogen) atoms. The van der Waals surface area contributed by atoms with E-state index in [0.717, 1.165) is 16.5 Å². The molecule has 0 heterocycles. The number of hydrogen-bond donors (Lipinski definition) is 2. The number of benzene rings is 1. The van der Waals surface area contributed by atoms with Gasteiger partial charge in [0.05, 0.1) is 5.60 Å². The molecule has 2 rings (SSSR count). The van der Waals surface area contributed by atoms with E-state index in [4.69, 9.17) is 4.74 Å². The van der Waals surface area contributed by atoms with Gasteiger partial charge in [-0.3, -0.25) is 4.79 Å². The first-order chi connectivity index (χ1) is 11.2. The topological polar surface area (TPSA) is 75.6 Å². The van der Waals surface area contributed by atoms with Crippen molar-refractivity contribution in [2.75, 3.05) is 6.61 Å². The third-order valence-electron chi connectivity index (χ3n) is 3.98. The maximum atomic E-state index is 12.3. The molecule has 1 aliphatic carbocycles. The lowest BCUT2D eigenvalue weighted by Crippen LogP contribution is -2.42. The second kappa shape index (κ2) is 7.66. The lowest BCUT2D eigenvalue weighted by Gasteiger charge is -2.21. The smallest absolute Gasteiger partial charge is 0.326 e. The van der Waals surface area contributed by atoms with Crippen LogP contribution in [0.3, 0.4) is 0 Å². The summed E-state index contributed by atoms with van der Waals surface area (Å²) in [7, 11) is 0. The molecule has 1 aliphatic rings. The van der Waals surface area contributed by atoms with E-state index in [2.05, 4.69) is 21.2 Å². The lowest BCUT2D eigenvalue weighted by molar-refractivity contribution is -0.143. The van der Waals surface area contributed by atoms with Crippen LogP contribution in [0.5, 0.6) is 0 Å². The van der Waals surface area contributed by atoms with Crippen LogP contribution in [0, 0.1) is 5.92 Å². The summed E-state index contributed by atoms with van der Waals surface area (Å²) in [4.78, 5) is 23.7. The number of hydrogen-bond acceptors (Lipinski definition) is 3. The first-order valence-corrected chi connectivity index (χ1v) is 8.89. The average molecular weight is 398 g/mol. The summed E-state index contributed by atoms with van der Waals surface area (Å²) < 4.78 is 6.55. The van der Waals surface area contributed by atoms with Crippen LogP contribution < -0.4 is 5.32 Å². The van der Waals surface area contributed by atoms with Gasteiger partial charge in [-0.05, 0) is 50.8 Å². The Morgan fingerprint density at radius 1 is 1.33 bits per heavy atom. The molecule has 0 aliphatic heterocycles. The summed E-state index contributed by atoms with van der Waals surface area (Å²) >= 11 is 3.39. The summed E-state index contributed by atoms with van der Waals surface area (Å²) in [5, 5.41) is 11.9. The highest BCUT2D eigenvalue weighted by molar-refractivity contribution is 9.10. The second-order valence-corrected chi connectivity index (χ2v) is 8.06. The molecule has 0 bridgehead atoms. The number of rotatable bonds is 7.